The molecule has 0 radical (unpaired) electrons. The SMILES string of the molecule is C.C.C.C.C.C.C.C.C#CC.C#CC.C#CC#CC.C#CC#CC.CCC(C)(C(C)(C)O)C(C)(C)OC(C)=O.CCC(C)(C(C)(C)OC)C(C)(C)OC(C)=O.COCCOCCOC. The second-order valence-electron chi connectivity index (χ2n) is 14.1. The van der Waals surface area contributed by atoms with Crippen molar-refractivity contribution in [2.75, 3.05) is 47.8 Å². The Labute approximate surface area is 404 Å². The number of aliphatic hydroxyl groups is 1. The Hall–Kier alpha value is -3.90. The van der Waals surface area contributed by atoms with Crippen LogP contribution in [0.25, 0.3) is 0 Å². The van der Waals surface area contributed by atoms with Gasteiger partial charge in [-0.15, -0.1) is 37.5 Å². The molecular weight excluding hydrogens is 805 g/mol. The van der Waals surface area contributed by atoms with Gasteiger partial charge in [0.25, 0.3) is 0 Å². The van der Waals surface area contributed by atoms with Gasteiger partial charge in [-0.05, 0) is 120 Å². The van der Waals surface area contributed by atoms with Crippen LogP contribution >= 0.6 is 0 Å². The molecule has 9 nitrogen and oxygen atoms in total. The molecule has 0 aromatic heterocycles. The standard InChI is InChI=1S/C13H26O3.C12H24O3.C6H14O3.2C5H4.2C3H4.8CH4/c1-9-13(7,11(3,4)15-8)12(5,6)16-10(2)14;1-8-12(7,10(3,4)14)11(5,6)15-9(2)13;1-7-3-5-9-6-4-8-2;2*1-3-5-4-2;2*1-3-2;;;;;;;;/h9H2,1-8H3;14H,8H2,1-7H3;3-6H2,1-2H3;2*1H,2H3;2*1H,2H3;8*1H4. The minimum absolute atomic E-state index is 0. The molecule has 0 spiro atoms. The first kappa shape index (κ1) is 103. The van der Waals surface area contributed by atoms with Crippen molar-refractivity contribution in [3.63, 3.8) is 0 Å². The highest BCUT2D eigenvalue weighted by atomic mass is 16.6. The van der Waals surface area contributed by atoms with Crippen molar-refractivity contribution in [3.05, 3.63) is 0 Å². The summed E-state index contributed by atoms with van der Waals surface area (Å²) in [6.45, 7) is 35.4. The normalized spacial score (nSPS) is 10.3. The molecule has 0 aliphatic rings. The summed E-state index contributed by atoms with van der Waals surface area (Å²) in [6.07, 6.45) is 20.2. The van der Waals surface area contributed by atoms with Crippen molar-refractivity contribution in [1.29, 1.82) is 0 Å². The summed E-state index contributed by atoms with van der Waals surface area (Å²) >= 11 is 0. The van der Waals surface area contributed by atoms with Crippen LogP contribution in [0.4, 0.5) is 0 Å². The number of rotatable bonds is 15. The molecule has 9 heteroatoms. The van der Waals surface area contributed by atoms with Crippen LogP contribution in [0.3, 0.4) is 0 Å². The van der Waals surface area contributed by atoms with Crippen LogP contribution < -0.4 is 0 Å². The lowest BCUT2D eigenvalue weighted by molar-refractivity contribution is -0.201. The smallest absolute Gasteiger partial charge is 0.303 e. The van der Waals surface area contributed by atoms with Crippen LogP contribution in [-0.2, 0) is 38.0 Å². The molecule has 0 bridgehead atoms. The Morgan fingerprint density at radius 2 is 0.750 bits per heavy atom. The lowest BCUT2D eigenvalue weighted by Gasteiger charge is -2.51. The van der Waals surface area contributed by atoms with Gasteiger partial charge in [-0.25, -0.2) is 0 Å². The topological polar surface area (TPSA) is 110 Å². The largest absolute Gasteiger partial charge is 0.459 e. The highest BCUT2D eigenvalue weighted by Gasteiger charge is 2.53. The highest BCUT2D eigenvalue weighted by Crippen LogP contribution is 2.48. The third-order valence-electron chi connectivity index (χ3n) is 9.32. The third kappa shape index (κ3) is 50.7. The minimum Gasteiger partial charge on any atom is -0.459 e. The summed E-state index contributed by atoms with van der Waals surface area (Å²) in [5.74, 6) is 18.1. The maximum Gasteiger partial charge on any atom is 0.303 e. The molecular formula is C55H112O9. The summed E-state index contributed by atoms with van der Waals surface area (Å²) in [6, 6.07) is 0. The number of hydrogen-bond acceptors (Lipinski definition) is 9. The molecule has 0 heterocycles. The lowest BCUT2D eigenvalue weighted by Crippen LogP contribution is -2.57. The number of carbonyl (C=O) groups is 2. The maximum absolute atomic E-state index is 11.2. The second kappa shape index (κ2) is 59.1. The molecule has 0 saturated heterocycles. The first-order valence-electron chi connectivity index (χ1n) is 18.3. The Balaban J connectivity index is -0.0000000356. The Morgan fingerprint density at radius 3 is 0.891 bits per heavy atom. The molecule has 0 fully saturated rings. The van der Waals surface area contributed by atoms with Crippen molar-refractivity contribution < 1.29 is 43.1 Å². The van der Waals surface area contributed by atoms with Gasteiger partial charge < -0.3 is 33.5 Å². The van der Waals surface area contributed by atoms with E-state index in [0.29, 0.717) is 26.4 Å². The van der Waals surface area contributed by atoms with Crippen molar-refractivity contribution in [2.24, 2.45) is 10.8 Å². The second-order valence-corrected chi connectivity index (χ2v) is 14.1. The van der Waals surface area contributed by atoms with Gasteiger partial charge in [-0.1, -0.05) is 98.9 Å². The highest BCUT2D eigenvalue weighted by molar-refractivity contribution is 5.67. The number of esters is 2. The van der Waals surface area contributed by atoms with E-state index in [1.165, 1.54) is 13.8 Å². The Kier molecular flexibility index (Phi) is 95.3. The van der Waals surface area contributed by atoms with E-state index < -0.39 is 22.2 Å². The van der Waals surface area contributed by atoms with E-state index in [1.54, 1.807) is 62.9 Å². The molecule has 0 saturated carbocycles. The summed E-state index contributed by atoms with van der Waals surface area (Å²) in [5, 5.41) is 10.2. The molecule has 0 aromatic rings. The maximum atomic E-state index is 11.2. The third-order valence-corrected chi connectivity index (χ3v) is 9.32. The van der Waals surface area contributed by atoms with E-state index in [1.807, 2.05) is 55.4 Å². The van der Waals surface area contributed by atoms with Crippen LogP contribution in [0.2, 0.25) is 0 Å². The van der Waals surface area contributed by atoms with Gasteiger partial charge in [0.1, 0.15) is 11.2 Å². The molecule has 0 amide bonds. The number of methoxy groups -OCH3 is 3. The zero-order chi connectivity index (χ0) is 46.3. The molecule has 386 valence electrons. The zero-order valence-corrected chi connectivity index (χ0v) is 39.3. The molecule has 2 unspecified atom stereocenters. The average Bonchev–Trinajstić information content (AvgIpc) is 3.08. The van der Waals surface area contributed by atoms with Gasteiger partial charge in [0, 0.05) is 46.0 Å². The number of hydrogen-bond donors (Lipinski definition) is 1. The van der Waals surface area contributed by atoms with E-state index in [4.69, 9.17) is 41.3 Å². The molecule has 0 aliphatic carbocycles. The predicted octanol–water partition coefficient (Wildman–Crippen LogP) is 13.6. The zero-order valence-electron chi connectivity index (χ0n) is 39.3. The number of terminal acetylenes is 4. The Bertz CT molecular complexity index is 1250. The van der Waals surface area contributed by atoms with Crippen LogP contribution in [0.5, 0.6) is 0 Å². The molecule has 0 rings (SSSR count). The first-order valence-corrected chi connectivity index (χ1v) is 18.3. The lowest BCUT2D eigenvalue weighted by atomic mass is 9.63. The molecule has 1 N–H and O–H groups in total. The van der Waals surface area contributed by atoms with Crippen LogP contribution in [0, 0.1) is 83.9 Å². The first-order chi connectivity index (χ1) is 25.6. The fourth-order valence-electron chi connectivity index (χ4n) is 4.87. The van der Waals surface area contributed by atoms with Gasteiger partial charge in [0.2, 0.25) is 0 Å². The minimum atomic E-state index is -0.902. The molecule has 64 heavy (non-hydrogen) atoms. The Morgan fingerprint density at radius 1 is 0.500 bits per heavy atom. The summed E-state index contributed by atoms with van der Waals surface area (Å²) in [4.78, 5) is 22.2. The fraction of sp³-hybridized carbons (Fsp3) is 0.745. The summed E-state index contributed by atoms with van der Waals surface area (Å²) in [5.41, 5.74) is -3.24. The van der Waals surface area contributed by atoms with Crippen molar-refractivity contribution in [3.8, 4) is 73.1 Å². The summed E-state index contributed by atoms with van der Waals surface area (Å²) < 4.78 is 30.9. The monoisotopic (exact) mass is 917 g/mol. The number of carbonyl (C=O) groups excluding carboxylic acids is 2. The van der Waals surface area contributed by atoms with E-state index in [2.05, 4.69) is 74.1 Å². The van der Waals surface area contributed by atoms with Crippen LogP contribution in [0.1, 0.15) is 197 Å². The van der Waals surface area contributed by atoms with Gasteiger partial charge in [-0.3, -0.25) is 9.59 Å². The van der Waals surface area contributed by atoms with Crippen LogP contribution in [0.15, 0.2) is 0 Å². The average molecular weight is 917 g/mol. The quantitative estimate of drug-likeness (QED) is 0.0975. The van der Waals surface area contributed by atoms with E-state index in [9.17, 15) is 14.7 Å². The predicted molar refractivity (Wildman–Crippen MR) is 288 cm³/mol. The molecule has 0 aromatic carbocycles. The van der Waals surface area contributed by atoms with Crippen molar-refractivity contribution in [1.82, 2.24) is 0 Å². The van der Waals surface area contributed by atoms with E-state index in [0.717, 1.165) is 12.8 Å². The van der Waals surface area contributed by atoms with Crippen molar-refractivity contribution >= 4 is 11.9 Å². The molecule has 2 atom stereocenters. The van der Waals surface area contributed by atoms with E-state index >= 15 is 0 Å². The van der Waals surface area contributed by atoms with Gasteiger partial charge >= 0.3 is 11.9 Å². The van der Waals surface area contributed by atoms with Gasteiger partial charge in [0.05, 0.1) is 37.6 Å². The number of ether oxygens (including phenoxy) is 6. The molecule has 0 aliphatic heterocycles. The fourth-order valence-corrected chi connectivity index (χ4v) is 4.87. The van der Waals surface area contributed by atoms with Gasteiger partial charge in [-0.2, -0.15) is 0 Å². The summed E-state index contributed by atoms with van der Waals surface area (Å²) in [7, 11) is 5.00. The van der Waals surface area contributed by atoms with Crippen LogP contribution in [-0.4, -0.2) is 87.2 Å². The van der Waals surface area contributed by atoms with Crippen molar-refractivity contribution in [2.45, 2.75) is 219 Å². The van der Waals surface area contributed by atoms with E-state index in [-0.39, 0.29) is 82.4 Å². The van der Waals surface area contributed by atoms with Gasteiger partial charge in [0.15, 0.2) is 0 Å².